The molecule has 5 heterocycles. The van der Waals surface area contributed by atoms with Crippen molar-refractivity contribution in [1.29, 1.82) is 0 Å². The van der Waals surface area contributed by atoms with Gasteiger partial charge in [0.2, 0.25) is 23.6 Å². The number of aliphatic hydroxyl groups is 1. The lowest BCUT2D eigenvalue weighted by Crippen LogP contribution is -2.63. The van der Waals surface area contributed by atoms with Gasteiger partial charge in [-0.25, -0.2) is 29.8 Å². The Labute approximate surface area is 494 Å². The molecule has 1 aromatic carbocycles. The number of epoxide rings is 1. The van der Waals surface area contributed by atoms with Crippen molar-refractivity contribution in [2.45, 2.75) is 165 Å². The molecule has 7 rings (SSSR count). The van der Waals surface area contributed by atoms with Crippen LogP contribution in [0.4, 0.5) is 10.5 Å². The molecule has 0 spiro atoms. The van der Waals surface area contributed by atoms with E-state index in [-0.39, 0.29) is 80.7 Å². The number of carbonyl (C=O) groups is 8. The summed E-state index contributed by atoms with van der Waals surface area (Å²) in [5.74, 6) is -3.46. The van der Waals surface area contributed by atoms with Gasteiger partial charge < -0.3 is 48.2 Å². The van der Waals surface area contributed by atoms with Gasteiger partial charge in [-0.15, -0.1) is 5.06 Å². The molecule has 27 heteroatoms. The zero-order valence-corrected chi connectivity index (χ0v) is 50.7. The van der Waals surface area contributed by atoms with Gasteiger partial charge in [0.15, 0.2) is 5.72 Å². The van der Waals surface area contributed by atoms with E-state index in [0.717, 1.165) is 11.1 Å². The lowest BCUT2D eigenvalue weighted by Gasteiger charge is -2.42. The standard InChI is InChI=1S/C56H73ClN8O16S2/c1-31-14-11-17-40(76-10)56(74)28-39(78-53(73)60-56)32(2)51-55(6,80-51)41(27-47(70)64(8)37-25-34(24-31)26-38(75-9)49(37)57)79-52(72)33(3)63(7)44(67)21-23-82-83-54(4,5)29-42(66)62-61-36-16-12-15-35-50(36)58-30-43(59-35)77-22-13-18-48(71)81-65-45(68)19-20-46(65)69/h11,14,17,25-26,30,32-33,39-41,51,74H,12-13,15-16,18-24,27-29H2,1-10H3,(H,60,73)(H,62,66)/b17-11+,31-14+,61-36-/t32-,33+,39+,40-,41+,51+,55?,56+/m1/s1. The molecule has 3 N–H and O–H groups in total. The van der Waals surface area contributed by atoms with Gasteiger partial charge in [0.1, 0.15) is 46.4 Å². The van der Waals surface area contributed by atoms with Gasteiger partial charge in [0.05, 0.1) is 56.0 Å². The predicted octanol–water partition coefficient (Wildman–Crippen LogP) is 5.87. The number of likely N-dealkylation sites (N-methyl/N-ethyl adjacent to an activating group) is 1. The fourth-order valence-corrected chi connectivity index (χ4v) is 12.9. The normalized spacial score (nSPS) is 26.5. The smallest absolute Gasteiger partial charge is 0.409 e. The topological polar surface area (TPSA) is 297 Å². The van der Waals surface area contributed by atoms with Crippen LogP contribution in [0.2, 0.25) is 5.02 Å². The first-order valence-corrected chi connectivity index (χ1v) is 30.0. The van der Waals surface area contributed by atoms with Crippen molar-refractivity contribution in [2.24, 2.45) is 11.0 Å². The molecule has 8 atom stereocenters. The van der Waals surface area contributed by atoms with Crippen molar-refractivity contribution < 1.29 is 76.7 Å². The van der Waals surface area contributed by atoms with Crippen LogP contribution in [0.1, 0.15) is 123 Å². The van der Waals surface area contributed by atoms with Crippen LogP contribution >= 0.6 is 33.2 Å². The van der Waals surface area contributed by atoms with Gasteiger partial charge >= 0.3 is 18.0 Å². The Morgan fingerprint density at radius 2 is 1.82 bits per heavy atom. The molecular weight excluding hydrogens is 1140 g/mol. The van der Waals surface area contributed by atoms with Crippen molar-refractivity contribution in [3.05, 3.63) is 64.1 Å². The number of nitrogens with one attached hydrogen (secondary N) is 2. The number of hydrogen-bond donors (Lipinski definition) is 3. The highest BCUT2D eigenvalue weighted by molar-refractivity contribution is 8.77. The Balaban J connectivity index is 0.925. The molecule has 4 aliphatic heterocycles. The van der Waals surface area contributed by atoms with Gasteiger partial charge in [-0.1, -0.05) is 63.9 Å². The highest BCUT2D eigenvalue weighted by Gasteiger charge is 2.64. The number of fused-ring (bicyclic) bond motifs is 6. The zero-order valence-electron chi connectivity index (χ0n) is 48.3. The number of halogens is 1. The molecule has 3 saturated heterocycles. The SMILES string of the molecule is COc1cc2cc(c1Cl)N(C)C(=O)C[C@H](OC(=O)[C@H](C)N(C)C(=O)CCSSC(C)(C)CC(=O)N/N=C1/CCCc3nc(OCCCC(=O)ON4C(=O)CCC4=O)cnc31)C1(C)O[C@H]1[C@H](C)[C@@H]1C[C@@](O)(NC(=O)O1)[C@H](OC)/C=C/C=C(\C)C2. The average molecular weight is 1210 g/mol. The number of methoxy groups -OCH3 is 2. The Morgan fingerprint density at radius 3 is 2.53 bits per heavy atom. The lowest BCUT2D eigenvalue weighted by molar-refractivity contribution is -0.197. The van der Waals surface area contributed by atoms with E-state index in [4.69, 9.17) is 44.9 Å². The van der Waals surface area contributed by atoms with Crippen molar-refractivity contribution >= 4 is 92.2 Å². The maximum atomic E-state index is 14.4. The van der Waals surface area contributed by atoms with E-state index in [1.807, 2.05) is 26.8 Å². The Hall–Kier alpha value is -6.32. The Kier molecular flexibility index (Phi) is 21.4. The summed E-state index contributed by atoms with van der Waals surface area (Å²) in [5.41, 5.74) is 3.23. The molecule has 6 amide bonds. The summed E-state index contributed by atoms with van der Waals surface area (Å²) in [5, 5.41) is 19.5. The number of anilines is 1. The van der Waals surface area contributed by atoms with Gasteiger partial charge in [-0.05, 0) is 84.4 Å². The summed E-state index contributed by atoms with van der Waals surface area (Å²) < 4.78 is 34.6. The number of carbonyl (C=O) groups excluding carboxylic acids is 8. The number of ether oxygens (including phenoxy) is 6. The summed E-state index contributed by atoms with van der Waals surface area (Å²) >= 11 is 6.84. The minimum atomic E-state index is -1.88. The lowest BCUT2D eigenvalue weighted by atomic mass is 9.83. The first kappa shape index (κ1) is 64.2. The minimum absolute atomic E-state index is 0.00890. The molecular formula is C56H73ClN8O16S2. The number of hydrogen-bond acceptors (Lipinski definition) is 21. The third-order valence-electron chi connectivity index (χ3n) is 15.0. The molecule has 5 aliphatic rings. The average Bonchev–Trinajstić information content (AvgIpc) is 2.25. The monoisotopic (exact) mass is 1210 g/mol. The van der Waals surface area contributed by atoms with Crippen LogP contribution < -0.4 is 25.1 Å². The number of aromatic nitrogens is 2. The van der Waals surface area contributed by atoms with Crippen molar-refractivity contribution in [3.63, 3.8) is 0 Å². The van der Waals surface area contributed by atoms with E-state index in [1.165, 1.54) is 65.8 Å². The Morgan fingerprint density at radius 1 is 1.08 bits per heavy atom. The number of esters is 1. The third kappa shape index (κ3) is 16.1. The summed E-state index contributed by atoms with van der Waals surface area (Å²) in [6.07, 6.45) is 4.06. The number of rotatable bonds is 19. The van der Waals surface area contributed by atoms with Gasteiger partial charge in [0, 0.05) is 69.7 Å². The van der Waals surface area contributed by atoms with Gasteiger partial charge in [0.25, 0.3) is 11.8 Å². The predicted molar refractivity (Wildman–Crippen MR) is 306 cm³/mol. The zero-order chi connectivity index (χ0) is 60.6. The fraction of sp³-hybridized carbons (Fsp3) is 0.589. The molecule has 2 aromatic rings. The molecule has 1 aromatic heterocycles. The number of amides is 6. The molecule has 24 nitrogen and oxygen atoms in total. The highest BCUT2D eigenvalue weighted by atomic mass is 35.5. The van der Waals surface area contributed by atoms with Crippen LogP contribution in [0.25, 0.3) is 0 Å². The van der Waals surface area contributed by atoms with Crippen LogP contribution in [-0.4, -0.2) is 166 Å². The largest absolute Gasteiger partial charge is 0.495 e. The number of imide groups is 1. The number of benzene rings is 1. The first-order chi connectivity index (χ1) is 39.3. The quantitative estimate of drug-likeness (QED) is 0.0370. The van der Waals surface area contributed by atoms with Gasteiger partial charge in [-0.3, -0.25) is 29.3 Å². The number of hydrazone groups is 1. The number of allylic oxidation sites excluding steroid dienone is 3. The van der Waals surface area contributed by atoms with Crippen molar-refractivity contribution in [2.75, 3.05) is 45.6 Å². The highest BCUT2D eigenvalue weighted by Crippen LogP contribution is 2.49. The fourth-order valence-electron chi connectivity index (χ4n) is 10.1. The maximum Gasteiger partial charge on any atom is 0.409 e. The van der Waals surface area contributed by atoms with Crippen LogP contribution in [0.3, 0.4) is 0 Å². The van der Waals surface area contributed by atoms with Crippen molar-refractivity contribution in [3.8, 4) is 11.6 Å². The van der Waals surface area contributed by atoms with Crippen LogP contribution in [0, 0.1) is 5.92 Å². The molecule has 1 aliphatic carbocycles. The summed E-state index contributed by atoms with van der Waals surface area (Å²) in [4.78, 5) is 121. The van der Waals surface area contributed by atoms with Crippen molar-refractivity contribution in [1.82, 2.24) is 30.7 Å². The van der Waals surface area contributed by atoms with Gasteiger partial charge in [-0.2, -0.15) is 5.10 Å². The Bertz CT molecular complexity index is 2910. The molecule has 3 fully saturated rings. The maximum absolute atomic E-state index is 14.4. The summed E-state index contributed by atoms with van der Waals surface area (Å²) in [6.45, 7) is 10.8. The van der Waals surface area contributed by atoms with Crippen LogP contribution in [0.5, 0.6) is 11.6 Å². The number of alkyl carbamates (subject to hydrolysis) is 1. The van der Waals surface area contributed by atoms with E-state index in [1.54, 1.807) is 45.2 Å². The van der Waals surface area contributed by atoms with E-state index >= 15 is 0 Å². The third-order valence-corrected chi connectivity index (χ3v) is 18.7. The first-order valence-electron chi connectivity index (χ1n) is 27.3. The second kappa shape index (κ2) is 27.6. The molecule has 0 saturated carbocycles. The minimum Gasteiger partial charge on any atom is -0.495 e. The molecule has 83 heavy (non-hydrogen) atoms. The van der Waals surface area contributed by atoms with Crippen LogP contribution in [0.15, 0.2) is 47.2 Å². The summed E-state index contributed by atoms with van der Waals surface area (Å²) in [7, 11) is 8.75. The van der Waals surface area contributed by atoms with E-state index < -0.39 is 88.2 Å². The number of aryl methyl sites for hydroxylation is 1. The molecule has 452 valence electrons. The van der Waals surface area contributed by atoms with E-state index in [2.05, 4.69) is 25.8 Å². The molecule has 1 unspecified atom stereocenters. The number of hydroxylamine groups is 2. The second-order valence-corrected chi connectivity index (χ2v) is 25.4. The summed E-state index contributed by atoms with van der Waals surface area (Å²) in [6, 6.07) is 2.44. The molecule has 4 bridgehead atoms. The van der Waals surface area contributed by atoms with E-state index in [9.17, 15) is 43.5 Å². The number of nitrogens with zero attached hydrogens (tertiary/aromatic N) is 6. The van der Waals surface area contributed by atoms with Crippen LogP contribution in [-0.2, 0) is 70.2 Å². The van der Waals surface area contributed by atoms with E-state index in [0.29, 0.717) is 65.0 Å². The molecule has 0 radical (unpaired) electrons. The second-order valence-electron chi connectivity index (χ2n) is 21.9.